The van der Waals surface area contributed by atoms with Crippen molar-refractivity contribution in [2.75, 3.05) is 31.9 Å². The van der Waals surface area contributed by atoms with Gasteiger partial charge in [-0.2, -0.15) is 0 Å². The molecule has 0 bridgehead atoms. The fourth-order valence-electron chi connectivity index (χ4n) is 1.64. The third-order valence-electron chi connectivity index (χ3n) is 2.88. The molecule has 1 aromatic carbocycles. The molecule has 1 aromatic rings. The Kier molecular flexibility index (Phi) is 6.15. The van der Waals surface area contributed by atoms with Crippen molar-refractivity contribution in [1.29, 1.82) is 0 Å². The summed E-state index contributed by atoms with van der Waals surface area (Å²) in [6, 6.07) is 6.95. The Labute approximate surface area is 117 Å². The highest BCUT2D eigenvalue weighted by molar-refractivity contribution is 9.07. The van der Waals surface area contributed by atoms with Crippen LogP contribution in [0.5, 0.6) is 0 Å². The van der Waals surface area contributed by atoms with Crippen molar-refractivity contribution in [2.24, 2.45) is 0 Å². The van der Waals surface area contributed by atoms with Crippen molar-refractivity contribution in [3.05, 3.63) is 29.8 Å². The van der Waals surface area contributed by atoms with Crippen LogP contribution in [0.1, 0.15) is 24.2 Å². The zero-order valence-corrected chi connectivity index (χ0v) is 12.5. The van der Waals surface area contributed by atoms with Crippen molar-refractivity contribution in [1.82, 2.24) is 8.83 Å². The van der Waals surface area contributed by atoms with Crippen molar-refractivity contribution in [2.45, 2.75) is 13.8 Å². The topological polar surface area (TPSA) is 49.6 Å². The van der Waals surface area contributed by atoms with Crippen LogP contribution in [-0.4, -0.2) is 40.9 Å². The third-order valence-corrected chi connectivity index (χ3v) is 3.56. The number of rotatable bonds is 6. The van der Waals surface area contributed by atoms with Crippen LogP contribution < -0.4 is 5.73 Å². The second kappa shape index (κ2) is 7.38. The average molecular weight is 314 g/mol. The smallest absolute Gasteiger partial charge is 0.263 e. The molecule has 0 aliphatic carbocycles. The van der Waals surface area contributed by atoms with Gasteiger partial charge in [0.05, 0.1) is 16.1 Å². The first-order valence-electron chi connectivity index (χ1n) is 6.14. The van der Waals surface area contributed by atoms with Crippen LogP contribution in [0.3, 0.4) is 0 Å². The van der Waals surface area contributed by atoms with Gasteiger partial charge in [-0.05, 0) is 37.4 Å². The van der Waals surface area contributed by atoms with E-state index >= 15 is 0 Å². The van der Waals surface area contributed by atoms with E-state index in [0.29, 0.717) is 17.8 Å². The van der Waals surface area contributed by atoms with E-state index in [1.165, 1.54) is 0 Å². The van der Waals surface area contributed by atoms with Crippen LogP contribution in [0.4, 0.5) is 5.69 Å². The lowest BCUT2D eigenvalue weighted by atomic mass is 10.2. The number of anilines is 1. The fraction of sp³-hybridized carbons (Fsp3) is 0.462. The first-order chi connectivity index (χ1) is 8.58. The van der Waals surface area contributed by atoms with Gasteiger partial charge in [0.2, 0.25) is 0 Å². The molecule has 0 aliphatic rings. The molecule has 100 valence electrons. The van der Waals surface area contributed by atoms with Crippen molar-refractivity contribution >= 4 is 27.7 Å². The van der Waals surface area contributed by atoms with Crippen molar-refractivity contribution in [3.63, 3.8) is 0 Å². The highest BCUT2D eigenvalue weighted by Gasteiger charge is 2.13. The van der Waals surface area contributed by atoms with E-state index in [0.717, 1.165) is 19.6 Å². The van der Waals surface area contributed by atoms with Gasteiger partial charge in [0.15, 0.2) is 0 Å². The largest absolute Gasteiger partial charge is 0.399 e. The summed E-state index contributed by atoms with van der Waals surface area (Å²) in [5.41, 5.74) is 6.90. The van der Waals surface area contributed by atoms with Gasteiger partial charge >= 0.3 is 0 Å². The van der Waals surface area contributed by atoms with Crippen molar-refractivity contribution < 1.29 is 4.79 Å². The van der Waals surface area contributed by atoms with Crippen molar-refractivity contribution in [3.8, 4) is 0 Å². The molecule has 0 aliphatic heterocycles. The molecule has 0 unspecified atom stereocenters. The lowest BCUT2D eigenvalue weighted by molar-refractivity contribution is 0.0870. The minimum atomic E-state index is -0.0397. The molecule has 4 nitrogen and oxygen atoms in total. The Hall–Kier alpha value is -1.07. The first kappa shape index (κ1) is 15.0. The standard InChI is InChI=1S/C13H20BrN3O/c1-3-16(4-2)9-10-17(14)13(18)11-5-7-12(15)8-6-11/h5-8H,3-4,9-10,15H2,1-2H3. The number of amides is 1. The Balaban J connectivity index is 2.53. The summed E-state index contributed by atoms with van der Waals surface area (Å²) >= 11 is 3.31. The molecule has 0 atom stereocenters. The molecule has 2 N–H and O–H groups in total. The minimum Gasteiger partial charge on any atom is -0.399 e. The molecule has 1 rings (SSSR count). The molecule has 0 fully saturated rings. The first-order valence-corrected chi connectivity index (χ1v) is 6.85. The van der Waals surface area contributed by atoms with Gasteiger partial charge in [0.1, 0.15) is 0 Å². The highest BCUT2D eigenvalue weighted by atomic mass is 79.9. The molecule has 0 aromatic heterocycles. The van der Waals surface area contributed by atoms with E-state index in [9.17, 15) is 4.79 Å². The highest BCUT2D eigenvalue weighted by Crippen LogP contribution is 2.11. The van der Waals surface area contributed by atoms with Crippen LogP contribution in [-0.2, 0) is 0 Å². The van der Waals surface area contributed by atoms with Crippen LogP contribution in [0.15, 0.2) is 24.3 Å². The quantitative estimate of drug-likeness (QED) is 0.648. The molecule has 0 radical (unpaired) electrons. The SMILES string of the molecule is CCN(CC)CCN(Br)C(=O)c1ccc(N)cc1. The second-order valence-electron chi connectivity index (χ2n) is 4.04. The zero-order chi connectivity index (χ0) is 13.5. The summed E-state index contributed by atoms with van der Waals surface area (Å²) in [6.45, 7) is 7.73. The molecule has 18 heavy (non-hydrogen) atoms. The van der Waals surface area contributed by atoms with E-state index in [-0.39, 0.29) is 5.91 Å². The minimum absolute atomic E-state index is 0.0397. The summed E-state index contributed by atoms with van der Waals surface area (Å²) in [5.74, 6) is -0.0397. The number of likely N-dealkylation sites (N-methyl/N-ethyl adjacent to an activating group) is 1. The second-order valence-corrected chi connectivity index (χ2v) is 4.90. The number of benzene rings is 1. The normalized spacial score (nSPS) is 10.7. The third kappa shape index (κ3) is 4.31. The summed E-state index contributed by atoms with van der Waals surface area (Å²) in [5, 5.41) is 0. The number of carbonyl (C=O) groups is 1. The lowest BCUT2D eigenvalue weighted by Gasteiger charge is -2.21. The monoisotopic (exact) mass is 313 g/mol. The maximum atomic E-state index is 12.1. The van der Waals surface area contributed by atoms with Crippen LogP contribution in [0.25, 0.3) is 0 Å². The molecule has 0 heterocycles. The number of nitrogens with zero attached hydrogens (tertiary/aromatic N) is 2. The van der Waals surface area contributed by atoms with Gasteiger partial charge in [-0.1, -0.05) is 13.8 Å². The number of carbonyl (C=O) groups excluding carboxylic acids is 1. The summed E-state index contributed by atoms with van der Waals surface area (Å²) in [4.78, 5) is 14.3. The molecule has 0 saturated carbocycles. The zero-order valence-electron chi connectivity index (χ0n) is 10.9. The number of nitrogens with two attached hydrogens (primary N) is 1. The van der Waals surface area contributed by atoms with Gasteiger partial charge < -0.3 is 10.6 Å². The summed E-state index contributed by atoms with van der Waals surface area (Å²) in [6.07, 6.45) is 0. The number of hydrogen-bond acceptors (Lipinski definition) is 3. The predicted octanol–water partition coefficient (Wildman–Crippen LogP) is 2.36. The van der Waals surface area contributed by atoms with Crippen LogP contribution in [0.2, 0.25) is 0 Å². The Bertz CT molecular complexity index is 376. The molecule has 5 heteroatoms. The lowest BCUT2D eigenvalue weighted by Crippen LogP contribution is -2.33. The van der Waals surface area contributed by atoms with E-state index in [2.05, 4.69) is 34.9 Å². The molecular weight excluding hydrogens is 294 g/mol. The summed E-state index contributed by atoms with van der Waals surface area (Å²) in [7, 11) is 0. The Morgan fingerprint density at radius 2 is 1.72 bits per heavy atom. The maximum Gasteiger partial charge on any atom is 0.263 e. The Morgan fingerprint density at radius 3 is 2.22 bits per heavy atom. The number of halogens is 1. The summed E-state index contributed by atoms with van der Waals surface area (Å²) < 4.78 is 1.57. The van der Waals surface area contributed by atoms with Crippen LogP contribution >= 0.6 is 16.1 Å². The molecule has 1 amide bonds. The van der Waals surface area contributed by atoms with Gasteiger partial charge in [0.25, 0.3) is 5.91 Å². The van der Waals surface area contributed by atoms with Gasteiger partial charge in [-0.3, -0.25) is 8.72 Å². The van der Waals surface area contributed by atoms with Gasteiger partial charge in [0, 0.05) is 24.3 Å². The molecular formula is C13H20BrN3O. The van der Waals surface area contributed by atoms with E-state index in [1.54, 1.807) is 28.2 Å². The van der Waals surface area contributed by atoms with E-state index < -0.39 is 0 Å². The average Bonchev–Trinajstić information content (AvgIpc) is 2.39. The van der Waals surface area contributed by atoms with Crippen LogP contribution in [0, 0.1) is 0 Å². The molecule has 0 saturated heterocycles. The Morgan fingerprint density at radius 1 is 1.17 bits per heavy atom. The number of hydrogen-bond donors (Lipinski definition) is 1. The van der Waals surface area contributed by atoms with E-state index in [4.69, 9.17) is 5.73 Å². The van der Waals surface area contributed by atoms with E-state index in [1.807, 2.05) is 0 Å². The molecule has 0 spiro atoms. The van der Waals surface area contributed by atoms with Gasteiger partial charge in [-0.15, -0.1) is 0 Å². The number of nitrogen functional groups attached to an aromatic ring is 1. The predicted molar refractivity (Wildman–Crippen MR) is 78.6 cm³/mol. The van der Waals surface area contributed by atoms with Gasteiger partial charge in [-0.25, -0.2) is 0 Å². The maximum absolute atomic E-state index is 12.1. The fourth-order valence-corrected chi connectivity index (χ4v) is 2.00.